The van der Waals surface area contributed by atoms with Crippen LogP contribution in [0.1, 0.15) is 26.3 Å². The highest BCUT2D eigenvalue weighted by Gasteiger charge is 2.23. The SMILES string of the molecule is Cc1cncc([N+](=O)[O-])c1OC(C)(C)C. The van der Waals surface area contributed by atoms with E-state index in [-0.39, 0.29) is 5.69 Å². The van der Waals surface area contributed by atoms with E-state index >= 15 is 0 Å². The number of hydrogen-bond acceptors (Lipinski definition) is 4. The average molecular weight is 210 g/mol. The summed E-state index contributed by atoms with van der Waals surface area (Å²) in [5, 5.41) is 10.7. The number of aryl methyl sites for hydroxylation is 1. The van der Waals surface area contributed by atoms with Crippen LogP contribution in [0.4, 0.5) is 5.69 Å². The van der Waals surface area contributed by atoms with Crippen LogP contribution in [0.25, 0.3) is 0 Å². The zero-order chi connectivity index (χ0) is 11.6. The molecule has 15 heavy (non-hydrogen) atoms. The van der Waals surface area contributed by atoms with Crippen LogP contribution in [0.2, 0.25) is 0 Å². The van der Waals surface area contributed by atoms with Gasteiger partial charge in [0.15, 0.2) is 0 Å². The molecular weight excluding hydrogens is 196 g/mol. The van der Waals surface area contributed by atoms with Gasteiger partial charge in [0.1, 0.15) is 11.8 Å². The normalized spacial score (nSPS) is 11.2. The lowest BCUT2D eigenvalue weighted by Crippen LogP contribution is -2.24. The van der Waals surface area contributed by atoms with Crippen LogP contribution in [-0.2, 0) is 0 Å². The van der Waals surface area contributed by atoms with E-state index < -0.39 is 10.5 Å². The van der Waals surface area contributed by atoms with Crippen LogP contribution in [0.3, 0.4) is 0 Å². The number of hydrogen-bond donors (Lipinski definition) is 0. The number of nitro groups is 1. The summed E-state index contributed by atoms with van der Waals surface area (Å²) in [7, 11) is 0. The molecule has 82 valence electrons. The first kappa shape index (κ1) is 11.4. The minimum atomic E-state index is -0.485. The van der Waals surface area contributed by atoms with E-state index in [4.69, 9.17) is 4.74 Å². The third-order valence-corrected chi connectivity index (χ3v) is 1.66. The summed E-state index contributed by atoms with van der Waals surface area (Å²) in [6.07, 6.45) is 2.75. The van der Waals surface area contributed by atoms with Crippen molar-refractivity contribution in [2.45, 2.75) is 33.3 Å². The van der Waals surface area contributed by atoms with E-state index in [1.165, 1.54) is 6.20 Å². The molecule has 0 spiro atoms. The number of rotatable bonds is 2. The van der Waals surface area contributed by atoms with Gasteiger partial charge in [0.2, 0.25) is 5.75 Å². The van der Waals surface area contributed by atoms with E-state index in [2.05, 4.69) is 4.98 Å². The van der Waals surface area contributed by atoms with Crippen molar-refractivity contribution in [3.05, 3.63) is 28.1 Å². The Kier molecular flexibility index (Phi) is 2.93. The first-order chi connectivity index (χ1) is 6.81. The number of nitrogens with zero attached hydrogens (tertiary/aromatic N) is 2. The molecule has 1 heterocycles. The van der Waals surface area contributed by atoms with E-state index in [0.29, 0.717) is 11.3 Å². The number of pyridine rings is 1. The molecule has 0 bridgehead atoms. The first-order valence-corrected chi connectivity index (χ1v) is 4.59. The molecule has 5 heteroatoms. The maximum absolute atomic E-state index is 10.7. The highest BCUT2D eigenvalue weighted by atomic mass is 16.6. The smallest absolute Gasteiger partial charge is 0.329 e. The van der Waals surface area contributed by atoms with Gasteiger partial charge in [-0.2, -0.15) is 0 Å². The fourth-order valence-corrected chi connectivity index (χ4v) is 1.11. The maximum Gasteiger partial charge on any atom is 0.329 e. The molecular formula is C10H14N2O3. The Labute approximate surface area is 88.2 Å². The Morgan fingerprint density at radius 3 is 2.47 bits per heavy atom. The molecule has 0 N–H and O–H groups in total. The van der Waals surface area contributed by atoms with Crippen LogP contribution in [0.5, 0.6) is 5.75 Å². The molecule has 0 atom stereocenters. The third kappa shape index (κ3) is 2.90. The Bertz CT molecular complexity index is 383. The molecule has 0 radical (unpaired) electrons. The Morgan fingerprint density at radius 1 is 1.40 bits per heavy atom. The second-order valence-corrected chi connectivity index (χ2v) is 4.28. The summed E-state index contributed by atoms with van der Waals surface area (Å²) in [5.74, 6) is 0.294. The zero-order valence-corrected chi connectivity index (χ0v) is 9.27. The summed E-state index contributed by atoms with van der Waals surface area (Å²) in [6, 6.07) is 0. The second kappa shape index (κ2) is 3.84. The molecule has 0 aliphatic rings. The zero-order valence-electron chi connectivity index (χ0n) is 9.27. The van der Waals surface area contributed by atoms with Crippen molar-refractivity contribution in [2.75, 3.05) is 0 Å². The van der Waals surface area contributed by atoms with Gasteiger partial charge in [-0.3, -0.25) is 15.1 Å². The molecule has 0 saturated heterocycles. The van der Waals surface area contributed by atoms with E-state index in [1.807, 2.05) is 20.8 Å². The highest BCUT2D eigenvalue weighted by Crippen LogP contribution is 2.31. The maximum atomic E-state index is 10.7. The van der Waals surface area contributed by atoms with Gasteiger partial charge < -0.3 is 4.74 Å². The summed E-state index contributed by atoms with van der Waals surface area (Å²) >= 11 is 0. The van der Waals surface area contributed by atoms with Gasteiger partial charge in [-0.25, -0.2) is 0 Å². The van der Waals surface area contributed by atoms with Crippen LogP contribution >= 0.6 is 0 Å². The standard InChI is InChI=1S/C10H14N2O3/c1-7-5-11-6-8(12(13)14)9(7)15-10(2,3)4/h5-6H,1-4H3. The molecule has 1 aromatic heterocycles. The lowest BCUT2D eigenvalue weighted by molar-refractivity contribution is -0.386. The first-order valence-electron chi connectivity index (χ1n) is 4.59. The predicted molar refractivity (Wildman–Crippen MR) is 56.0 cm³/mol. The fourth-order valence-electron chi connectivity index (χ4n) is 1.11. The topological polar surface area (TPSA) is 65.3 Å². The molecule has 1 rings (SSSR count). The minimum Gasteiger partial charge on any atom is -0.481 e. The molecule has 0 aliphatic carbocycles. The van der Waals surface area contributed by atoms with Crippen molar-refractivity contribution in [1.29, 1.82) is 0 Å². The van der Waals surface area contributed by atoms with Gasteiger partial charge >= 0.3 is 5.69 Å². The van der Waals surface area contributed by atoms with E-state index in [9.17, 15) is 10.1 Å². The van der Waals surface area contributed by atoms with Crippen molar-refractivity contribution in [3.8, 4) is 5.75 Å². The summed E-state index contributed by atoms with van der Waals surface area (Å²) in [5.41, 5.74) is 0.112. The predicted octanol–water partition coefficient (Wildman–Crippen LogP) is 2.48. The van der Waals surface area contributed by atoms with Gasteiger partial charge in [-0.1, -0.05) is 0 Å². The summed E-state index contributed by atoms with van der Waals surface area (Å²) in [6.45, 7) is 7.27. The number of aromatic nitrogens is 1. The molecule has 0 aromatic carbocycles. The monoisotopic (exact) mass is 210 g/mol. The van der Waals surface area contributed by atoms with Gasteiger partial charge in [-0.05, 0) is 27.7 Å². The lowest BCUT2D eigenvalue weighted by Gasteiger charge is -2.21. The van der Waals surface area contributed by atoms with Crippen LogP contribution < -0.4 is 4.74 Å². The molecule has 0 amide bonds. The van der Waals surface area contributed by atoms with Gasteiger partial charge in [-0.15, -0.1) is 0 Å². The molecule has 0 fully saturated rings. The largest absolute Gasteiger partial charge is 0.481 e. The van der Waals surface area contributed by atoms with E-state index in [1.54, 1.807) is 13.1 Å². The van der Waals surface area contributed by atoms with Crippen molar-refractivity contribution in [3.63, 3.8) is 0 Å². The molecule has 1 aromatic rings. The van der Waals surface area contributed by atoms with Crippen molar-refractivity contribution in [1.82, 2.24) is 4.98 Å². The van der Waals surface area contributed by atoms with Crippen molar-refractivity contribution < 1.29 is 9.66 Å². The van der Waals surface area contributed by atoms with E-state index in [0.717, 1.165) is 0 Å². The van der Waals surface area contributed by atoms with Crippen LogP contribution in [-0.4, -0.2) is 15.5 Å². The van der Waals surface area contributed by atoms with Crippen LogP contribution in [0, 0.1) is 17.0 Å². The Morgan fingerprint density at radius 2 is 2.00 bits per heavy atom. The van der Waals surface area contributed by atoms with Crippen LogP contribution in [0.15, 0.2) is 12.4 Å². The average Bonchev–Trinajstić information content (AvgIpc) is 2.05. The summed E-state index contributed by atoms with van der Waals surface area (Å²) < 4.78 is 5.54. The second-order valence-electron chi connectivity index (χ2n) is 4.28. The molecule has 0 saturated carbocycles. The quantitative estimate of drug-likeness (QED) is 0.555. The summed E-state index contributed by atoms with van der Waals surface area (Å²) in [4.78, 5) is 14.0. The molecule has 5 nitrogen and oxygen atoms in total. The number of ether oxygens (including phenoxy) is 1. The minimum absolute atomic E-state index is 0.0927. The molecule has 0 unspecified atom stereocenters. The van der Waals surface area contributed by atoms with Crippen molar-refractivity contribution >= 4 is 5.69 Å². The molecule has 0 aliphatic heterocycles. The highest BCUT2D eigenvalue weighted by molar-refractivity contribution is 5.48. The Hall–Kier alpha value is -1.65. The van der Waals surface area contributed by atoms with Gasteiger partial charge in [0.25, 0.3) is 0 Å². The third-order valence-electron chi connectivity index (χ3n) is 1.66. The van der Waals surface area contributed by atoms with Gasteiger partial charge in [0.05, 0.1) is 4.92 Å². The lowest BCUT2D eigenvalue weighted by atomic mass is 10.1. The Balaban J connectivity index is 3.19. The van der Waals surface area contributed by atoms with Gasteiger partial charge in [0, 0.05) is 11.8 Å². The fraction of sp³-hybridized carbons (Fsp3) is 0.500. The van der Waals surface area contributed by atoms with Crippen molar-refractivity contribution in [2.24, 2.45) is 0 Å².